The van der Waals surface area contributed by atoms with Gasteiger partial charge in [0, 0.05) is 17.1 Å². The Balaban J connectivity index is 2.76. The fourth-order valence-electron chi connectivity index (χ4n) is 1.17. The summed E-state index contributed by atoms with van der Waals surface area (Å²) in [5, 5.41) is 2.71. The molecule has 0 saturated heterocycles. The Morgan fingerprint density at radius 1 is 1.53 bits per heavy atom. The van der Waals surface area contributed by atoms with Crippen LogP contribution in [0, 0.1) is 6.92 Å². The van der Waals surface area contributed by atoms with Crippen molar-refractivity contribution in [3.05, 3.63) is 39.9 Å². The summed E-state index contributed by atoms with van der Waals surface area (Å²) in [4.78, 5) is 11.2. The van der Waals surface area contributed by atoms with E-state index in [9.17, 15) is 4.79 Å². The summed E-state index contributed by atoms with van der Waals surface area (Å²) in [7, 11) is 0. The van der Waals surface area contributed by atoms with Gasteiger partial charge < -0.3 is 5.32 Å². The summed E-state index contributed by atoms with van der Waals surface area (Å²) < 4.78 is 1.00. The molecule has 1 rings (SSSR count). The van der Waals surface area contributed by atoms with Crippen molar-refractivity contribution in [1.82, 2.24) is 5.32 Å². The Morgan fingerprint density at radius 3 is 2.87 bits per heavy atom. The number of aryl methyl sites for hydroxylation is 1. The van der Waals surface area contributed by atoms with Crippen molar-refractivity contribution in [1.29, 1.82) is 0 Å². The molecule has 1 aromatic carbocycles. The van der Waals surface area contributed by atoms with Crippen LogP contribution in [0.25, 0.3) is 6.08 Å². The minimum absolute atomic E-state index is 0.0648. The third-order valence-electron chi connectivity index (χ3n) is 1.92. The molecule has 1 N–H and O–H groups in total. The largest absolute Gasteiger partial charge is 0.353 e. The normalized spacial score (nSPS) is 10.6. The van der Waals surface area contributed by atoms with Crippen molar-refractivity contribution in [3.63, 3.8) is 0 Å². The van der Waals surface area contributed by atoms with Crippen LogP contribution < -0.4 is 5.32 Å². The summed E-state index contributed by atoms with van der Waals surface area (Å²) in [6, 6.07) is 6.02. The fraction of sp³-hybridized carbons (Fsp3) is 0.250. The summed E-state index contributed by atoms with van der Waals surface area (Å²) >= 11 is 3.45. The van der Waals surface area contributed by atoms with Gasteiger partial charge in [-0.3, -0.25) is 4.79 Å². The lowest BCUT2D eigenvalue weighted by atomic mass is 10.1. The van der Waals surface area contributed by atoms with Crippen molar-refractivity contribution >= 4 is 27.9 Å². The number of hydrogen-bond acceptors (Lipinski definition) is 1. The highest BCUT2D eigenvalue weighted by Crippen LogP contribution is 2.19. The van der Waals surface area contributed by atoms with E-state index in [0.717, 1.165) is 10.0 Å². The van der Waals surface area contributed by atoms with Gasteiger partial charge in [-0.1, -0.05) is 28.1 Å². The first-order valence-electron chi connectivity index (χ1n) is 4.85. The van der Waals surface area contributed by atoms with Crippen LogP contribution in [0.4, 0.5) is 0 Å². The highest BCUT2D eigenvalue weighted by atomic mass is 79.9. The van der Waals surface area contributed by atoms with Crippen LogP contribution in [0.3, 0.4) is 0 Å². The van der Waals surface area contributed by atoms with E-state index in [1.54, 1.807) is 12.2 Å². The Morgan fingerprint density at radius 2 is 2.27 bits per heavy atom. The molecule has 0 aliphatic heterocycles. The second kappa shape index (κ2) is 5.71. The van der Waals surface area contributed by atoms with Crippen LogP contribution in [-0.2, 0) is 4.79 Å². The molecule has 0 unspecified atom stereocenters. The highest BCUT2D eigenvalue weighted by Gasteiger charge is 1.97. The monoisotopic (exact) mass is 267 g/mol. The maximum atomic E-state index is 11.2. The van der Waals surface area contributed by atoms with Gasteiger partial charge in [-0.05, 0) is 37.1 Å². The van der Waals surface area contributed by atoms with E-state index < -0.39 is 0 Å². The molecular formula is C12H14BrNO. The molecule has 0 fully saturated rings. The van der Waals surface area contributed by atoms with Gasteiger partial charge in [0.25, 0.3) is 0 Å². The molecule has 1 amide bonds. The first kappa shape index (κ1) is 12.0. The number of likely N-dealkylation sites (N-methyl/N-ethyl adjacent to an activating group) is 1. The van der Waals surface area contributed by atoms with E-state index in [2.05, 4.69) is 21.2 Å². The molecule has 0 saturated carbocycles. The van der Waals surface area contributed by atoms with Crippen molar-refractivity contribution in [3.8, 4) is 0 Å². The molecule has 2 nitrogen and oxygen atoms in total. The molecule has 15 heavy (non-hydrogen) atoms. The number of amides is 1. The van der Waals surface area contributed by atoms with Gasteiger partial charge in [0.05, 0.1) is 0 Å². The second-order valence-electron chi connectivity index (χ2n) is 3.25. The summed E-state index contributed by atoms with van der Waals surface area (Å²) in [5.41, 5.74) is 2.20. The zero-order valence-electron chi connectivity index (χ0n) is 8.88. The van der Waals surface area contributed by atoms with E-state index in [1.807, 2.05) is 32.0 Å². The zero-order valence-corrected chi connectivity index (χ0v) is 10.5. The Labute approximate surface area is 98.5 Å². The van der Waals surface area contributed by atoms with Crippen molar-refractivity contribution in [2.75, 3.05) is 6.54 Å². The summed E-state index contributed by atoms with van der Waals surface area (Å²) in [5.74, 6) is -0.0648. The molecule has 0 spiro atoms. The van der Waals surface area contributed by atoms with Crippen LogP contribution >= 0.6 is 15.9 Å². The van der Waals surface area contributed by atoms with Gasteiger partial charge in [0.15, 0.2) is 0 Å². The van der Waals surface area contributed by atoms with Gasteiger partial charge in [0.2, 0.25) is 5.91 Å². The van der Waals surface area contributed by atoms with Crippen molar-refractivity contribution in [2.24, 2.45) is 0 Å². The van der Waals surface area contributed by atoms with Gasteiger partial charge in [-0.25, -0.2) is 0 Å². The smallest absolute Gasteiger partial charge is 0.243 e. The first-order valence-corrected chi connectivity index (χ1v) is 5.65. The van der Waals surface area contributed by atoms with E-state index >= 15 is 0 Å². The average molecular weight is 268 g/mol. The van der Waals surface area contributed by atoms with E-state index in [1.165, 1.54) is 5.56 Å². The SMILES string of the molecule is CCNC(=O)C=Cc1ccc(C)cc1Br. The Hall–Kier alpha value is -1.09. The van der Waals surface area contributed by atoms with E-state index in [-0.39, 0.29) is 5.91 Å². The predicted octanol–water partition coefficient (Wildman–Crippen LogP) is 2.91. The lowest BCUT2D eigenvalue weighted by Gasteiger charge is -2.00. The number of carbonyl (C=O) groups excluding carboxylic acids is 1. The van der Waals surface area contributed by atoms with Crippen molar-refractivity contribution < 1.29 is 4.79 Å². The number of rotatable bonds is 3. The minimum Gasteiger partial charge on any atom is -0.353 e. The number of benzene rings is 1. The number of halogens is 1. The quantitative estimate of drug-likeness (QED) is 0.839. The maximum Gasteiger partial charge on any atom is 0.243 e. The van der Waals surface area contributed by atoms with Crippen LogP contribution in [0.1, 0.15) is 18.1 Å². The lowest BCUT2D eigenvalue weighted by Crippen LogP contribution is -2.19. The third kappa shape index (κ3) is 3.88. The van der Waals surface area contributed by atoms with E-state index in [4.69, 9.17) is 0 Å². The minimum atomic E-state index is -0.0648. The predicted molar refractivity (Wildman–Crippen MR) is 66.6 cm³/mol. The van der Waals surface area contributed by atoms with Crippen LogP contribution in [0.15, 0.2) is 28.7 Å². The molecule has 1 aromatic rings. The molecule has 80 valence electrons. The molecule has 0 heterocycles. The molecule has 0 radical (unpaired) electrons. The van der Waals surface area contributed by atoms with Crippen LogP contribution in [0.5, 0.6) is 0 Å². The molecule has 0 bridgehead atoms. The standard InChI is InChI=1S/C12H14BrNO/c1-3-14-12(15)7-6-10-5-4-9(2)8-11(10)13/h4-8H,3H2,1-2H3,(H,14,15). The van der Waals surface area contributed by atoms with E-state index in [0.29, 0.717) is 6.54 Å². The van der Waals surface area contributed by atoms with Gasteiger partial charge >= 0.3 is 0 Å². The molecule has 0 aliphatic rings. The Bertz CT molecular complexity index is 385. The third-order valence-corrected chi connectivity index (χ3v) is 2.61. The first-order chi connectivity index (χ1) is 7.13. The zero-order chi connectivity index (χ0) is 11.3. The molecule has 0 aliphatic carbocycles. The average Bonchev–Trinajstić information content (AvgIpc) is 2.17. The van der Waals surface area contributed by atoms with Gasteiger partial charge in [0.1, 0.15) is 0 Å². The topological polar surface area (TPSA) is 29.1 Å². The maximum absolute atomic E-state index is 11.2. The number of hydrogen-bond donors (Lipinski definition) is 1. The fourth-order valence-corrected chi connectivity index (χ4v) is 1.79. The molecule has 3 heteroatoms. The van der Waals surface area contributed by atoms with Crippen molar-refractivity contribution in [2.45, 2.75) is 13.8 Å². The Kier molecular flexibility index (Phi) is 4.56. The molecular weight excluding hydrogens is 254 g/mol. The number of nitrogens with one attached hydrogen (secondary N) is 1. The van der Waals surface area contributed by atoms with Gasteiger partial charge in [-0.2, -0.15) is 0 Å². The summed E-state index contributed by atoms with van der Waals surface area (Å²) in [6.45, 7) is 4.58. The van der Waals surface area contributed by atoms with Crippen LogP contribution in [-0.4, -0.2) is 12.5 Å². The van der Waals surface area contributed by atoms with Crippen LogP contribution in [0.2, 0.25) is 0 Å². The number of carbonyl (C=O) groups is 1. The van der Waals surface area contributed by atoms with Gasteiger partial charge in [-0.15, -0.1) is 0 Å². The summed E-state index contributed by atoms with van der Waals surface area (Å²) in [6.07, 6.45) is 3.34. The lowest BCUT2D eigenvalue weighted by molar-refractivity contribution is -0.116. The second-order valence-corrected chi connectivity index (χ2v) is 4.11. The highest BCUT2D eigenvalue weighted by molar-refractivity contribution is 9.10. The molecule has 0 aromatic heterocycles. The molecule has 0 atom stereocenters.